The van der Waals surface area contributed by atoms with E-state index in [1.165, 1.54) is 0 Å². The molecule has 0 saturated carbocycles. The molecule has 2 aromatic carbocycles. The molecule has 0 spiro atoms. The third-order valence-electron chi connectivity index (χ3n) is 8.00. The molecule has 4 aromatic rings. The van der Waals surface area contributed by atoms with Crippen molar-refractivity contribution in [3.8, 4) is 0 Å². The number of fused-ring (bicyclic) bond motifs is 2. The molecule has 12 nitrogen and oxygen atoms in total. The number of carbonyl (C=O) groups is 4. The molecule has 0 radical (unpaired) electrons. The van der Waals surface area contributed by atoms with Gasteiger partial charge in [-0.3, -0.25) is 14.4 Å². The van der Waals surface area contributed by atoms with Gasteiger partial charge < -0.3 is 42.5 Å². The van der Waals surface area contributed by atoms with Gasteiger partial charge in [-0.25, -0.2) is 4.79 Å². The van der Waals surface area contributed by atoms with Crippen LogP contribution in [0.5, 0.6) is 0 Å². The van der Waals surface area contributed by atoms with Gasteiger partial charge in [0, 0.05) is 47.0 Å². The van der Waals surface area contributed by atoms with E-state index in [1.54, 1.807) is 24.2 Å². The summed E-state index contributed by atoms with van der Waals surface area (Å²) in [6.07, 6.45) is 7.45. The molecule has 2 heterocycles. The highest BCUT2D eigenvalue weighted by molar-refractivity contribution is 7.98. The maximum absolute atomic E-state index is 14.0. The van der Waals surface area contributed by atoms with Gasteiger partial charge in [-0.05, 0) is 67.5 Å². The Hall–Kier alpha value is -4.33. The summed E-state index contributed by atoms with van der Waals surface area (Å²) in [5.74, 6) is -2.21. The Bertz CT molecular complexity index is 1640. The Morgan fingerprint density at radius 2 is 1.26 bits per heavy atom. The van der Waals surface area contributed by atoms with Crippen LogP contribution in [0.25, 0.3) is 21.8 Å². The van der Waals surface area contributed by atoms with Crippen molar-refractivity contribution in [2.45, 2.75) is 62.7 Å². The molecule has 4 rings (SSSR count). The van der Waals surface area contributed by atoms with Gasteiger partial charge in [-0.15, -0.1) is 0 Å². The van der Waals surface area contributed by atoms with E-state index in [4.69, 9.17) is 11.5 Å². The molecule has 4 unspecified atom stereocenters. The molecule has 0 aliphatic carbocycles. The molecule has 13 heteroatoms. The normalized spacial score (nSPS) is 14.0. The summed E-state index contributed by atoms with van der Waals surface area (Å²) in [6.45, 7) is 0.407. The van der Waals surface area contributed by atoms with Crippen molar-refractivity contribution in [1.29, 1.82) is 0 Å². The van der Waals surface area contributed by atoms with E-state index in [0.29, 0.717) is 31.6 Å². The van der Waals surface area contributed by atoms with Crippen LogP contribution < -0.4 is 27.4 Å². The van der Waals surface area contributed by atoms with E-state index in [-0.39, 0.29) is 19.3 Å². The van der Waals surface area contributed by atoms with Crippen LogP contribution in [0.1, 0.15) is 36.8 Å². The number of carbonyl (C=O) groups excluding carboxylic acids is 3. The number of hydrogen-bond acceptors (Lipinski definition) is 7. The first-order valence-electron chi connectivity index (χ1n) is 15.4. The fourth-order valence-corrected chi connectivity index (χ4v) is 5.90. The van der Waals surface area contributed by atoms with E-state index < -0.39 is 47.9 Å². The standard InChI is InChI=1S/C33H43N7O5S/c1-46-15-13-24(35)30(41)39-28(16-20-18-36-25-10-4-2-8-22(20)25)32(43)40-29(17-21-19-37-26-11-5-3-9-23(21)26)31(42)38-27(33(44)45)12-6-7-14-34/h2-5,8-11,18-19,24,27-29,36-37H,6-7,12-17,34-35H2,1H3,(H,38,42)(H,39,41)(H,40,43)(H,44,45). The SMILES string of the molecule is CSCCC(N)C(=O)NC(Cc1c[nH]c2ccccc12)C(=O)NC(Cc1c[nH]c2ccccc12)C(=O)NC(CCCCN)C(=O)O. The van der Waals surface area contributed by atoms with Crippen molar-refractivity contribution >= 4 is 57.3 Å². The first-order valence-corrected chi connectivity index (χ1v) is 16.8. The molecule has 46 heavy (non-hydrogen) atoms. The highest BCUT2D eigenvalue weighted by atomic mass is 32.2. The molecule has 0 aliphatic heterocycles. The molecular weight excluding hydrogens is 606 g/mol. The number of amides is 3. The van der Waals surface area contributed by atoms with Crippen LogP contribution >= 0.6 is 11.8 Å². The number of nitrogens with one attached hydrogen (secondary N) is 5. The molecule has 4 atom stereocenters. The lowest BCUT2D eigenvalue weighted by Crippen LogP contribution is -2.58. The average Bonchev–Trinajstić information content (AvgIpc) is 3.66. The molecule has 10 N–H and O–H groups in total. The highest BCUT2D eigenvalue weighted by Gasteiger charge is 2.31. The lowest BCUT2D eigenvalue weighted by molar-refractivity contribution is -0.142. The monoisotopic (exact) mass is 649 g/mol. The fraction of sp³-hybridized carbons (Fsp3) is 0.394. The summed E-state index contributed by atoms with van der Waals surface area (Å²) in [6, 6.07) is 11.0. The van der Waals surface area contributed by atoms with Crippen LogP contribution in [0.4, 0.5) is 0 Å². The number of carboxylic acids is 1. The topological polar surface area (TPSA) is 208 Å². The number of aliphatic carboxylic acids is 1. The van der Waals surface area contributed by atoms with Gasteiger partial charge in [0.1, 0.15) is 18.1 Å². The van der Waals surface area contributed by atoms with Gasteiger partial charge >= 0.3 is 5.97 Å². The number of rotatable bonds is 18. The van der Waals surface area contributed by atoms with Crippen LogP contribution in [0.3, 0.4) is 0 Å². The Balaban J connectivity index is 1.62. The molecule has 0 fully saturated rings. The second-order valence-electron chi connectivity index (χ2n) is 11.3. The average molecular weight is 650 g/mol. The largest absolute Gasteiger partial charge is 0.480 e. The van der Waals surface area contributed by atoms with E-state index in [1.807, 2.05) is 54.8 Å². The Labute approximate surface area is 271 Å². The molecule has 0 aliphatic rings. The molecular formula is C33H43N7O5S. The van der Waals surface area contributed by atoms with E-state index in [0.717, 1.165) is 32.9 Å². The zero-order valence-corrected chi connectivity index (χ0v) is 26.7. The summed E-state index contributed by atoms with van der Waals surface area (Å²) < 4.78 is 0. The lowest BCUT2D eigenvalue weighted by Gasteiger charge is -2.25. The quantitative estimate of drug-likeness (QED) is 0.0748. The smallest absolute Gasteiger partial charge is 0.326 e. The summed E-state index contributed by atoms with van der Waals surface area (Å²) in [7, 11) is 0. The maximum atomic E-state index is 14.0. The first-order chi connectivity index (χ1) is 22.2. The van der Waals surface area contributed by atoms with Crippen molar-refractivity contribution in [1.82, 2.24) is 25.9 Å². The van der Waals surface area contributed by atoms with Gasteiger partial charge in [0.15, 0.2) is 0 Å². The summed E-state index contributed by atoms with van der Waals surface area (Å²) in [5, 5.41) is 19.8. The highest BCUT2D eigenvalue weighted by Crippen LogP contribution is 2.21. The minimum Gasteiger partial charge on any atom is -0.480 e. The number of carboxylic acid groups (broad SMARTS) is 1. The number of aromatic amines is 2. The van der Waals surface area contributed by atoms with Crippen molar-refractivity contribution in [3.63, 3.8) is 0 Å². The Kier molecular flexibility index (Phi) is 12.6. The predicted octanol–water partition coefficient (Wildman–Crippen LogP) is 2.18. The lowest BCUT2D eigenvalue weighted by atomic mass is 10.0. The zero-order valence-electron chi connectivity index (χ0n) is 25.9. The van der Waals surface area contributed by atoms with Gasteiger partial charge in [0.25, 0.3) is 0 Å². The number of aromatic nitrogens is 2. The van der Waals surface area contributed by atoms with Gasteiger partial charge in [0.05, 0.1) is 6.04 Å². The van der Waals surface area contributed by atoms with Crippen LogP contribution in [0.2, 0.25) is 0 Å². The third kappa shape index (κ3) is 9.12. The number of thioether (sulfide) groups is 1. The fourth-order valence-electron chi connectivity index (χ4n) is 5.41. The summed E-state index contributed by atoms with van der Waals surface area (Å²) in [4.78, 5) is 59.2. The molecule has 0 bridgehead atoms. The number of para-hydroxylation sites is 2. The summed E-state index contributed by atoms with van der Waals surface area (Å²) >= 11 is 1.57. The van der Waals surface area contributed by atoms with Crippen molar-refractivity contribution in [2.24, 2.45) is 11.5 Å². The summed E-state index contributed by atoms with van der Waals surface area (Å²) in [5.41, 5.74) is 15.0. The van der Waals surface area contributed by atoms with Crippen LogP contribution in [0.15, 0.2) is 60.9 Å². The number of nitrogens with two attached hydrogens (primary N) is 2. The van der Waals surface area contributed by atoms with Crippen LogP contribution in [0, 0.1) is 0 Å². The maximum Gasteiger partial charge on any atom is 0.326 e. The van der Waals surface area contributed by atoms with E-state index >= 15 is 0 Å². The van der Waals surface area contributed by atoms with E-state index in [2.05, 4.69) is 25.9 Å². The van der Waals surface area contributed by atoms with Crippen molar-refractivity contribution in [3.05, 3.63) is 72.1 Å². The van der Waals surface area contributed by atoms with Crippen molar-refractivity contribution < 1.29 is 24.3 Å². The zero-order chi connectivity index (χ0) is 33.1. The minimum absolute atomic E-state index is 0.0811. The Morgan fingerprint density at radius 1 is 0.761 bits per heavy atom. The van der Waals surface area contributed by atoms with Gasteiger partial charge in [-0.1, -0.05) is 36.4 Å². The molecule has 0 saturated heterocycles. The minimum atomic E-state index is -1.17. The third-order valence-corrected chi connectivity index (χ3v) is 8.64. The number of unbranched alkanes of at least 4 members (excludes halogenated alkanes) is 1. The van der Waals surface area contributed by atoms with Crippen LogP contribution in [-0.2, 0) is 32.0 Å². The van der Waals surface area contributed by atoms with Gasteiger partial charge in [0.2, 0.25) is 17.7 Å². The van der Waals surface area contributed by atoms with E-state index in [9.17, 15) is 24.3 Å². The second-order valence-corrected chi connectivity index (χ2v) is 12.3. The molecule has 3 amide bonds. The first kappa shape index (κ1) is 34.5. The van der Waals surface area contributed by atoms with Crippen LogP contribution in [-0.4, -0.2) is 81.5 Å². The van der Waals surface area contributed by atoms with Gasteiger partial charge in [-0.2, -0.15) is 11.8 Å². The molecule has 246 valence electrons. The van der Waals surface area contributed by atoms with Crippen molar-refractivity contribution in [2.75, 3.05) is 18.6 Å². The predicted molar refractivity (Wildman–Crippen MR) is 181 cm³/mol. The Morgan fingerprint density at radius 3 is 1.76 bits per heavy atom. The second kappa shape index (κ2) is 16.8. The number of hydrogen-bond donors (Lipinski definition) is 8. The number of H-pyrrole nitrogens is 2. The molecule has 2 aromatic heterocycles. The number of benzene rings is 2.